The van der Waals surface area contributed by atoms with Crippen molar-refractivity contribution in [1.29, 1.82) is 0 Å². The lowest BCUT2D eigenvalue weighted by molar-refractivity contribution is -0.141. The van der Waals surface area contributed by atoms with Gasteiger partial charge in [-0.2, -0.15) is 0 Å². The van der Waals surface area contributed by atoms with Gasteiger partial charge in [0.25, 0.3) is 0 Å². The SMILES string of the molecule is CC[C@H](C)NC(=O)[C@H](CC)N(Cc1ccccc1Cl)C(=O)CCc1ccc2c(c1)OCCO2. The molecule has 2 atom stereocenters. The van der Waals surface area contributed by atoms with Crippen LogP contribution in [0, 0.1) is 0 Å². The van der Waals surface area contributed by atoms with Crippen LogP contribution in [0.4, 0.5) is 0 Å². The molecule has 0 fully saturated rings. The second kappa shape index (κ2) is 11.9. The minimum atomic E-state index is -0.567. The Labute approximate surface area is 201 Å². The van der Waals surface area contributed by atoms with Crippen molar-refractivity contribution in [3.63, 3.8) is 0 Å². The average Bonchev–Trinajstić information content (AvgIpc) is 2.83. The number of hydrogen-bond donors (Lipinski definition) is 1. The first-order valence-electron chi connectivity index (χ1n) is 11.6. The molecule has 0 bridgehead atoms. The van der Waals surface area contributed by atoms with Crippen LogP contribution < -0.4 is 14.8 Å². The normalized spacial score (nSPS) is 14.3. The maximum atomic E-state index is 13.4. The van der Waals surface area contributed by atoms with Crippen molar-refractivity contribution in [2.75, 3.05) is 13.2 Å². The molecule has 2 aromatic rings. The van der Waals surface area contributed by atoms with Gasteiger partial charge in [-0.3, -0.25) is 9.59 Å². The number of amides is 2. The van der Waals surface area contributed by atoms with Gasteiger partial charge in [-0.1, -0.05) is 49.7 Å². The molecule has 0 saturated heterocycles. The molecule has 7 heteroatoms. The zero-order valence-corrected chi connectivity index (χ0v) is 20.4. The highest BCUT2D eigenvalue weighted by Crippen LogP contribution is 2.31. The highest BCUT2D eigenvalue weighted by Gasteiger charge is 2.29. The molecule has 1 aliphatic rings. The summed E-state index contributed by atoms with van der Waals surface area (Å²) >= 11 is 6.38. The minimum absolute atomic E-state index is 0.0431. The molecular weight excluding hydrogens is 440 g/mol. The number of rotatable bonds is 10. The van der Waals surface area contributed by atoms with Crippen LogP contribution in [0.1, 0.15) is 51.2 Å². The molecule has 0 saturated carbocycles. The third-order valence-corrected chi connectivity index (χ3v) is 6.29. The number of benzene rings is 2. The Kier molecular flexibility index (Phi) is 9.01. The molecule has 6 nitrogen and oxygen atoms in total. The summed E-state index contributed by atoms with van der Waals surface area (Å²) in [5, 5.41) is 3.61. The zero-order valence-electron chi connectivity index (χ0n) is 19.6. The molecule has 1 heterocycles. The van der Waals surface area contributed by atoms with E-state index in [2.05, 4.69) is 5.32 Å². The summed E-state index contributed by atoms with van der Waals surface area (Å²) in [5.41, 5.74) is 1.81. The van der Waals surface area contributed by atoms with Crippen LogP contribution in [0.3, 0.4) is 0 Å². The van der Waals surface area contributed by atoms with Crippen LogP contribution in [0.5, 0.6) is 11.5 Å². The molecule has 33 heavy (non-hydrogen) atoms. The molecule has 1 aliphatic heterocycles. The van der Waals surface area contributed by atoms with E-state index in [1.165, 1.54) is 0 Å². The van der Waals surface area contributed by atoms with Crippen molar-refractivity contribution in [1.82, 2.24) is 10.2 Å². The van der Waals surface area contributed by atoms with Gasteiger partial charge in [0.05, 0.1) is 0 Å². The molecule has 2 amide bonds. The highest BCUT2D eigenvalue weighted by atomic mass is 35.5. The van der Waals surface area contributed by atoms with Gasteiger partial charge in [-0.05, 0) is 55.5 Å². The fourth-order valence-corrected chi connectivity index (χ4v) is 4.00. The lowest BCUT2D eigenvalue weighted by atomic mass is 10.0. The van der Waals surface area contributed by atoms with Crippen LogP contribution in [0.25, 0.3) is 0 Å². The van der Waals surface area contributed by atoms with Crippen LogP contribution >= 0.6 is 11.6 Å². The molecule has 0 spiro atoms. The van der Waals surface area contributed by atoms with Gasteiger partial charge < -0.3 is 19.7 Å². The van der Waals surface area contributed by atoms with E-state index in [1.807, 2.05) is 57.2 Å². The fraction of sp³-hybridized carbons (Fsp3) is 0.462. The summed E-state index contributed by atoms with van der Waals surface area (Å²) in [4.78, 5) is 28.1. The topological polar surface area (TPSA) is 67.9 Å². The lowest BCUT2D eigenvalue weighted by Gasteiger charge is -2.32. The summed E-state index contributed by atoms with van der Waals surface area (Å²) in [5.74, 6) is 1.21. The van der Waals surface area contributed by atoms with Crippen molar-refractivity contribution >= 4 is 23.4 Å². The van der Waals surface area contributed by atoms with E-state index in [1.54, 1.807) is 11.0 Å². The summed E-state index contributed by atoms with van der Waals surface area (Å²) in [6.07, 6.45) is 2.16. The predicted octanol–water partition coefficient (Wildman–Crippen LogP) is 4.77. The Bertz CT molecular complexity index is 965. The standard InChI is InChI=1S/C26H33ClN2O4/c1-4-18(3)28-26(31)22(5-2)29(17-20-8-6-7-9-21(20)27)25(30)13-11-19-10-12-23-24(16-19)33-15-14-32-23/h6-10,12,16,18,22H,4-5,11,13-15,17H2,1-3H3,(H,28,31)/t18-,22-/m0/s1. The molecule has 1 N–H and O–H groups in total. The Morgan fingerprint density at radius 1 is 1.06 bits per heavy atom. The van der Waals surface area contributed by atoms with Gasteiger partial charge in [-0.25, -0.2) is 0 Å². The lowest BCUT2D eigenvalue weighted by Crippen LogP contribution is -2.50. The second-order valence-electron chi connectivity index (χ2n) is 8.33. The third kappa shape index (κ3) is 6.64. The molecule has 178 valence electrons. The van der Waals surface area contributed by atoms with Crippen LogP contribution in [-0.4, -0.2) is 42.0 Å². The highest BCUT2D eigenvalue weighted by molar-refractivity contribution is 6.31. The molecular formula is C26H33ClN2O4. The number of ether oxygens (including phenoxy) is 2. The maximum absolute atomic E-state index is 13.4. The monoisotopic (exact) mass is 472 g/mol. The van der Waals surface area contributed by atoms with Crippen molar-refractivity contribution in [3.05, 3.63) is 58.6 Å². The first-order valence-corrected chi connectivity index (χ1v) is 12.0. The van der Waals surface area contributed by atoms with Gasteiger partial charge in [0.2, 0.25) is 11.8 Å². The van der Waals surface area contributed by atoms with Crippen molar-refractivity contribution in [2.24, 2.45) is 0 Å². The van der Waals surface area contributed by atoms with Crippen LogP contribution in [-0.2, 0) is 22.6 Å². The van der Waals surface area contributed by atoms with E-state index in [-0.39, 0.29) is 30.8 Å². The number of carbonyl (C=O) groups excluding carboxylic acids is 2. The summed E-state index contributed by atoms with van der Waals surface area (Å²) in [6.45, 7) is 7.25. The molecule has 0 aliphatic carbocycles. The van der Waals surface area contributed by atoms with Gasteiger partial charge in [-0.15, -0.1) is 0 Å². The minimum Gasteiger partial charge on any atom is -0.486 e. The summed E-state index contributed by atoms with van der Waals surface area (Å²) in [6, 6.07) is 12.7. The van der Waals surface area contributed by atoms with E-state index >= 15 is 0 Å². The molecule has 0 radical (unpaired) electrons. The van der Waals surface area contributed by atoms with Gasteiger partial charge in [0, 0.05) is 24.0 Å². The number of hydrogen-bond acceptors (Lipinski definition) is 4. The van der Waals surface area contributed by atoms with E-state index in [4.69, 9.17) is 21.1 Å². The average molecular weight is 473 g/mol. The number of nitrogens with zero attached hydrogens (tertiary/aromatic N) is 1. The number of carbonyl (C=O) groups is 2. The zero-order chi connectivity index (χ0) is 23.8. The van der Waals surface area contributed by atoms with Gasteiger partial charge in [0.15, 0.2) is 11.5 Å². The van der Waals surface area contributed by atoms with Crippen LogP contribution in [0.15, 0.2) is 42.5 Å². The molecule has 0 unspecified atom stereocenters. The second-order valence-corrected chi connectivity index (χ2v) is 8.74. The van der Waals surface area contributed by atoms with E-state index in [9.17, 15) is 9.59 Å². The fourth-order valence-electron chi connectivity index (χ4n) is 3.81. The van der Waals surface area contributed by atoms with Gasteiger partial charge in [0.1, 0.15) is 19.3 Å². The summed E-state index contributed by atoms with van der Waals surface area (Å²) < 4.78 is 11.2. The van der Waals surface area contributed by atoms with Crippen molar-refractivity contribution in [3.8, 4) is 11.5 Å². The van der Waals surface area contributed by atoms with Gasteiger partial charge >= 0.3 is 0 Å². The number of aryl methyl sites for hydroxylation is 1. The van der Waals surface area contributed by atoms with E-state index in [0.29, 0.717) is 36.8 Å². The first-order chi connectivity index (χ1) is 15.9. The summed E-state index contributed by atoms with van der Waals surface area (Å²) in [7, 11) is 0. The predicted molar refractivity (Wildman–Crippen MR) is 130 cm³/mol. The Hall–Kier alpha value is -2.73. The quantitative estimate of drug-likeness (QED) is 0.541. The molecule has 0 aromatic heterocycles. The Balaban J connectivity index is 1.77. The van der Waals surface area contributed by atoms with E-state index < -0.39 is 6.04 Å². The number of fused-ring (bicyclic) bond motifs is 1. The van der Waals surface area contributed by atoms with Crippen molar-refractivity contribution < 1.29 is 19.1 Å². The number of nitrogens with one attached hydrogen (secondary N) is 1. The number of halogens is 1. The van der Waals surface area contributed by atoms with Crippen LogP contribution in [0.2, 0.25) is 5.02 Å². The maximum Gasteiger partial charge on any atom is 0.243 e. The third-order valence-electron chi connectivity index (χ3n) is 5.92. The first kappa shape index (κ1) is 24.9. The smallest absolute Gasteiger partial charge is 0.243 e. The van der Waals surface area contributed by atoms with E-state index in [0.717, 1.165) is 23.3 Å². The molecule has 2 aromatic carbocycles. The Morgan fingerprint density at radius 2 is 1.79 bits per heavy atom. The largest absolute Gasteiger partial charge is 0.486 e. The molecule has 3 rings (SSSR count). The van der Waals surface area contributed by atoms with Crippen molar-refractivity contribution in [2.45, 2.75) is 65.1 Å². The Morgan fingerprint density at radius 3 is 2.48 bits per heavy atom.